The van der Waals surface area contributed by atoms with Gasteiger partial charge in [-0.15, -0.1) is 0 Å². The molecule has 94 valence electrons. The van der Waals surface area contributed by atoms with Crippen molar-refractivity contribution in [3.8, 4) is 0 Å². The van der Waals surface area contributed by atoms with Crippen molar-refractivity contribution in [1.29, 1.82) is 0 Å². The van der Waals surface area contributed by atoms with Gasteiger partial charge >= 0.3 is 5.97 Å². The van der Waals surface area contributed by atoms with E-state index in [4.69, 9.17) is 33.1 Å². The van der Waals surface area contributed by atoms with Crippen LogP contribution in [0.3, 0.4) is 0 Å². The van der Waals surface area contributed by atoms with Crippen LogP contribution >= 0.6 is 23.2 Å². The van der Waals surface area contributed by atoms with Crippen molar-refractivity contribution in [2.24, 2.45) is 0 Å². The molecule has 0 rings (SSSR count). The van der Waals surface area contributed by atoms with E-state index in [1.807, 2.05) is 0 Å². The Labute approximate surface area is 106 Å². The van der Waals surface area contributed by atoms with Crippen molar-refractivity contribution in [2.75, 3.05) is 0 Å². The molecule has 0 unspecified atom stereocenters. The second kappa shape index (κ2) is 29.2. The van der Waals surface area contributed by atoms with Crippen LogP contribution in [0.15, 0.2) is 37.1 Å². The fourth-order valence-electron chi connectivity index (χ4n) is 0.117. The number of halogens is 2. The van der Waals surface area contributed by atoms with Gasteiger partial charge in [0.2, 0.25) is 0 Å². The van der Waals surface area contributed by atoms with Crippen LogP contribution in [0.25, 0.3) is 0 Å². The number of carbonyl (C=O) groups is 2. The smallest absolute Gasteiger partial charge is 0.307 e. The Morgan fingerprint density at radius 2 is 1.31 bits per heavy atom. The molecule has 0 saturated carbocycles. The molecule has 0 heterocycles. The number of carboxylic acids is 1. The van der Waals surface area contributed by atoms with Gasteiger partial charge in [-0.05, 0) is 11.1 Å². The van der Waals surface area contributed by atoms with Gasteiger partial charge in [0.05, 0.1) is 6.26 Å². The van der Waals surface area contributed by atoms with E-state index in [0.717, 1.165) is 13.2 Å². The van der Waals surface area contributed by atoms with Crippen molar-refractivity contribution in [3.05, 3.63) is 37.1 Å². The van der Waals surface area contributed by atoms with Crippen molar-refractivity contribution in [3.63, 3.8) is 0 Å². The standard InChI is InChI=1S/C4H6O2.2C2H3Cl.C2H4O2/c1-3-6-4(2)5;2*1-2-3;1-2(3)4/h3H,1H2,2H3;2*2H,1H2;1H3,(H,3,4). The van der Waals surface area contributed by atoms with Crippen LogP contribution in [-0.4, -0.2) is 17.0 Å². The Balaban J connectivity index is -0.0000000635. The molecule has 0 aromatic rings. The monoisotopic (exact) mass is 270 g/mol. The third-order valence-electron chi connectivity index (χ3n) is 0.249. The lowest BCUT2D eigenvalue weighted by Gasteiger charge is -1.83. The molecule has 16 heavy (non-hydrogen) atoms. The number of aliphatic carboxylic acids is 1. The molecule has 0 aliphatic heterocycles. The Morgan fingerprint density at radius 3 is 1.31 bits per heavy atom. The highest BCUT2D eigenvalue weighted by Gasteiger charge is 1.79. The van der Waals surface area contributed by atoms with Crippen LogP contribution in [0.2, 0.25) is 0 Å². The molecular weight excluding hydrogens is 255 g/mol. The minimum atomic E-state index is -0.833. The molecule has 0 aromatic carbocycles. The quantitative estimate of drug-likeness (QED) is 0.585. The van der Waals surface area contributed by atoms with Crippen LogP contribution in [-0.2, 0) is 14.3 Å². The number of hydrogen-bond donors (Lipinski definition) is 1. The first kappa shape index (κ1) is 24.1. The lowest BCUT2D eigenvalue weighted by Crippen LogP contribution is -1.87. The largest absolute Gasteiger partial charge is 0.481 e. The molecular formula is C10H16Cl2O4. The zero-order valence-corrected chi connectivity index (χ0v) is 10.8. The summed E-state index contributed by atoms with van der Waals surface area (Å²) in [7, 11) is 0. The molecule has 0 bridgehead atoms. The second-order valence-electron chi connectivity index (χ2n) is 1.60. The molecule has 0 fully saturated rings. The molecule has 0 amide bonds. The summed E-state index contributed by atoms with van der Waals surface area (Å²) in [4.78, 5) is 18.8. The van der Waals surface area contributed by atoms with E-state index in [0.29, 0.717) is 0 Å². The SMILES string of the molecule is C=CCl.C=CCl.C=COC(C)=O.CC(=O)O. The predicted octanol–water partition coefficient (Wildman–Crippen LogP) is 3.52. The van der Waals surface area contributed by atoms with E-state index in [1.54, 1.807) is 0 Å². The zero-order chi connectivity index (χ0) is 14.0. The molecule has 1 N–H and O–H groups in total. The van der Waals surface area contributed by atoms with Gasteiger partial charge in [-0.25, -0.2) is 0 Å². The molecule has 0 atom stereocenters. The predicted molar refractivity (Wildman–Crippen MR) is 67.4 cm³/mol. The van der Waals surface area contributed by atoms with E-state index < -0.39 is 5.97 Å². The highest BCUT2D eigenvalue weighted by atomic mass is 35.5. The Hall–Kier alpha value is -1.26. The average Bonchev–Trinajstić information content (AvgIpc) is 2.04. The van der Waals surface area contributed by atoms with Crippen molar-refractivity contribution in [1.82, 2.24) is 0 Å². The highest BCUT2D eigenvalue weighted by molar-refractivity contribution is 6.25. The summed E-state index contributed by atoms with van der Waals surface area (Å²) < 4.78 is 4.17. The summed E-state index contributed by atoms with van der Waals surface area (Å²) in [5.41, 5.74) is 2.44. The molecule has 0 saturated heterocycles. The lowest BCUT2D eigenvalue weighted by molar-refractivity contribution is -0.136. The van der Waals surface area contributed by atoms with Crippen LogP contribution in [0, 0.1) is 0 Å². The maximum atomic E-state index is 9.75. The lowest BCUT2D eigenvalue weighted by atomic mass is 10.8. The van der Waals surface area contributed by atoms with Crippen LogP contribution < -0.4 is 0 Å². The van der Waals surface area contributed by atoms with Gasteiger partial charge in [-0.3, -0.25) is 9.59 Å². The van der Waals surface area contributed by atoms with Crippen molar-refractivity contribution >= 4 is 35.1 Å². The van der Waals surface area contributed by atoms with Gasteiger partial charge < -0.3 is 9.84 Å². The zero-order valence-electron chi connectivity index (χ0n) is 9.28. The first-order valence-corrected chi connectivity index (χ1v) is 4.61. The topological polar surface area (TPSA) is 63.6 Å². The van der Waals surface area contributed by atoms with E-state index in [1.165, 1.54) is 18.0 Å². The summed E-state index contributed by atoms with van der Waals surface area (Å²) >= 11 is 9.52. The first-order valence-electron chi connectivity index (χ1n) is 3.73. The van der Waals surface area contributed by atoms with Crippen LogP contribution in [0.5, 0.6) is 0 Å². The third-order valence-corrected chi connectivity index (χ3v) is 0.249. The number of rotatable bonds is 1. The van der Waals surface area contributed by atoms with Crippen LogP contribution in [0.4, 0.5) is 0 Å². The first-order chi connectivity index (χ1) is 7.33. The van der Waals surface area contributed by atoms with Crippen molar-refractivity contribution in [2.45, 2.75) is 13.8 Å². The summed E-state index contributed by atoms with van der Waals surface area (Å²) in [6.45, 7) is 11.8. The summed E-state index contributed by atoms with van der Waals surface area (Å²) in [5, 5.41) is 7.42. The third kappa shape index (κ3) is 580. The van der Waals surface area contributed by atoms with Gasteiger partial charge in [-0.1, -0.05) is 42.9 Å². The Bertz CT molecular complexity index is 193. The number of carbonyl (C=O) groups excluding carboxylic acids is 1. The van der Waals surface area contributed by atoms with Gasteiger partial charge in [0.25, 0.3) is 5.97 Å². The van der Waals surface area contributed by atoms with E-state index in [2.05, 4.69) is 24.5 Å². The minimum Gasteiger partial charge on any atom is -0.481 e. The fraction of sp³-hybridized carbons (Fsp3) is 0.200. The Kier molecular flexibility index (Phi) is 44.0. The molecule has 6 heteroatoms. The van der Waals surface area contributed by atoms with E-state index in [9.17, 15) is 4.79 Å². The number of carboxylic acid groups (broad SMARTS) is 1. The molecule has 4 nitrogen and oxygen atoms in total. The second-order valence-corrected chi connectivity index (χ2v) is 2.22. The van der Waals surface area contributed by atoms with E-state index >= 15 is 0 Å². The highest BCUT2D eigenvalue weighted by Crippen LogP contribution is 1.70. The molecule has 0 aliphatic carbocycles. The molecule has 0 spiro atoms. The maximum absolute atomic E-state index is 9.75. The van der Waals surface area contributed by atoms with Crippen molar-refractivity contribution < 1.29 is 19.4 Å². The van der Waals surface area contributed by atoms with Gasteiger partial charge in [-0.2, -0.15) is 0 Å². The van der Waals surface area contributed by atoms with E-state index in [-0.39, 0.29) is 5.97 Å². The van der Waals surface area contributed by atoms with Gasteiger partial charge in [0.1, 0.15) is 0 Å². The normalized spacial score (nSPS) is 5.75. The Morgan fingerprint density at radius 1 is 1.12 bits per heavy atom. The number of esters is 1. The number of ether oxygens (including phenoxy) is 1. The summed E-state index contributed by atoms with van der Waals surface area (Å²) in [5.74, 6) is -1.16. The number of hydrogen-bond acceptors (Lipinski definition) is 3. The maximum Gasteiger partial charge on any atom is 0.307 e. The molecule has 0 radical (unpaired) electrons. The minimum absolute atomic E-state index is 0.329. The van der Waals surface area contributed by atoms with Gasteiger partial charge in [0.15, 0.2) is 0 Å². The molecule has 0 aliphatic rings. The average molecular weight is 271 g/mol. The van der Waals surface area contributed by atoms with Gasteiger partial charge in [0, 0.05) is 13.8 Å². The summed E-state index contributed by atoms with van der Waals surface area (Å²) in [6.07, 6.45) is 1.10. The fourth-order valence-corrected chi connectivity index (χ4v) is 0.117. The van der Waals surface area contributed by atoms with Crippen LogP contribution in [0.1, 0.15) is 13.8 Å². The summed E-state index contributed by atoms with van der Waals surface area (Å²) in [6, 6.07) is 0. The molecule has 0 aromatic heterocycles.